The maximum Gasteiger partial charge on any atom is 0.166 e. The first-order valence-corrected chi connectivity index (χ1v) is 8.40. The molecule has 0 N–H and O–H groups in total. The third-order valence-corrected chi connectivity index (χ3v) is 5.05. The van der Waals surface area contributed by atoms with Gasteiger partial charge in [0.1, 0.15) is 0 Å². The van der Waals surface area contributed by atoms with Crippen molar-refractivity contribution in [2.24, 2.45) is 5.92 Å². The van der Waals surface area contributed by atoms with Crippen LogP contribution in [0, 0.1) is 12.8 Å². The van der Waals surface area contributed by atoms with Gasteiger partial charge < -0.3 is 9.47 Å². The summed E-state index contributed by atoms with van der Waals surface area (Å²) in [5.41, 5.74) is 1.80. The van der Waals surface area contributed by atoms with Crippen LogP contribution in [-0.4, -0.2) is 31.2 Å². The van der Waals surface area contributed by atoms with Crippen molar-refractivity contribution in [2.45, 2.75) is 38.2 Å². The molecule has 1 atom stereocenters. The minimum absolute atomic E-state index is 0.0746. The summed E-state index contributed by atoms with van der Waals surface area (Å²) >= 11 is 3.48. The normalized spacial score (nSPS) is 25.0. The molecular formula is C17H21BrO3. The van der Waals surface area contributed by atoms with E-state index in [2.05, 4.69) is 15.9 Å². The van der Waals surface area contributed by atoms with Crippen LogP contribution in [0.25, 0.3) is 0 Å². The average Bonchev–Trinajstić information content (AvgIpc) is 2.46. The summed E-state index contributed by atoms with van der Waals surface area (Å²) < 4.78 is 12.4. The Bertz CT molecular complexity index is 509. The summed E-state index contributed by atoms with van der Waals surface area (Å²) in [7, 11) is 0. The predicted molar refractivity (Wildman–Crippen MR) is 84.7 cm³/mol. The fourth-order valence-electron chi connectivity index (χ4n) is 3.46. The van der Waals surface area contributed by atoms with Crippen LogP contribution in [0.3, 0.4) is 0 Å². The van der Waals surface area contributed by atoms with Crippen LogP contribution >= 0.6 is 15.9 Å². The van der Waals surface area contributed by atoms with Crippen LogP contribution in [-0.2, 0) is 9.47 Å². The quantitative estimate of drug-likeness (QED) is 0.756. The molecule has 2 fully saturated rings. The summed E-state index contributed by atoms with van der Waals surface area (Å²) in [5.74, 6) is 0.333. The molecule has 114 valence electrons. The second kappa shape index (κ2) is 6.19. The lowest BCUT2D eigenvalue weighted by Gasteiger charge is -2.42. The van der Waals surface area contributed by atoms with Crippen molar-refractivity contribution in [3.63, 3.8) is 0 Å². The highest BCUT2D eigenvalue weighted by molar-refractivity contribution is 9.10. The Morgan fingerprint density at radius 1 is 1.24 bits per heavy atom. The molecule has 1 aromatic carbocycles. The van der Waals surface area contributed by atoms with E-state index in [4.69, 9.17) is 9.47 Å². The smallest absolute Gasteiger partial charge is 0.166 e. The first-order chi connectivity index (χ1) is 10.1. The Labute approximate surface area is 134 Å². The third kappa shape index (κ3) is 3.38. The predicted octanol–water partition coefficient (Wildman–Crippen LogP) is 3.92. The van der Waals surface area contributed by atoms with Crippen molar-refractivity contribution < 1.29 is 14.3 Å². The molecule has 0 radical (unpaired) electrons. The van der Waals surface area contributed by atoms with Crippen molar-refractivity contribution in [3.8, 4) is 0 Å². The first kappa shape index (κ1) is 15.2. The van der Waals surface area contributed by atoms with Crippen LogP contribution in [0.15, 0.2) is 22.7 Å². The lowest BCUT2D eigenvalue weighted by atomic mass is 9.78. The number of hydrogen-bond acceptors (Lipinski definition) is 3. The molecule has 0 saturated carbocycles. The van der Waals surface area contributed by atoms with Gasteiger partial charge in [0.15, 0.2) is 5.78 Å². The Kier molecular flexibility index (Phi) is 4.48. The highest BCUT2D eigenvalue weighted by Gasteiger charge is 2.41. The van der Waals surface area contributed by atoms with E-state index in [1.807, 2.05) is 25.1 Å². The summed E-state index contributed by atoms with van der Waals surface area (Å²) in [6, 6.07) is 5.95. The lowest BCUT2D eigenvalue weighted by Crippen LogP contribution is -2.45. The zero-order valence-electron chi connectivity index (χ0n) is 12.4. The van der Waals surface area contributed by atoms with Crippen molar-refractivity contribution >= 4 is 21.7 Å². The molecule has 2 aliphatic heterocycles. The van der Waals surface area contributed by atoms with Gasteiger partial charge in [0.2, 0.25) is 0 Å². The Balaban J connectivity index is 1.77. The number of hydrogen-bond donors (Lipinski definition) is 0. The molecule has 0 aromatic heterocycles. The summed E-state index contributed by atoms with van der Waals surface area (Å²) in [4.78, 5) is 12.8. The van der Waals surface area contributed by atoms with Gasteiger partial charge >= 0.3 is 0 Å². The van der Waals surface area contributed by atoms with E-state index in [0.717, 1.165) is 54.5 Å². The molecule has 3 nitrogen and oxygen atoms in total. The van der Waals surface area contributed by atoms with Gasteiger partial charge in [-0.15, -0.1) is 0 Å². The van der Waals surface area contributed by atoms with Gasteiger partial charge in [0.05, 0.1) is 5.60 Å². The number of halogens is 1. The van der Waals surface area contributed by atoms with E-state index >= 15 is 0 Å². The molecule has 2 heterocycles. The SMILES string of the molecule is Cc1cc(Br)cc(C(=O)C2CCOC3(CCOCC3)C2)c1. The van der Waals surface area contributed by atoms with Gasteiger partial charge in [-0.3, -0.25) is 4.79 Å². The molecule has 1 spiro atoms. The van der Waals surface area contributed by atoms with E-state index in [-0.39, 0.29) is 17.3 Å². The Morgan fingerprint density at radius 2 is 2.00 bits per heavy atom. The van der Waals surface area contributed by atoms with Crippen molar-refractivity contribution in [1.82, 2.24) is 0 Å². The van der Waals surface area contributed by atoms with Crippen molar-refractivity contribution in [1.29, 1.82) is 0 Å². The average molecular weight is 353 g/mol. The molecule has 2 saturated heterocycles. The molecule has 1 unspecified atom stereocenters. The topological polar surface area (TPSA) is 35.5 Å². The highest BCUT2D eigenvalue weighted by atomic mass is 79.9. The van der Waals surface area contributed by atoms with E-state index in [1.165, 1.54) is 0 Å². The lowest BCUT2D eigenvalue weighted by molar-refractivity contribution is -0.142. The van der Waals surface area contributed by atoms with E-state index < -0.39 is 0 Å². The van der Waals surface area contributed by atoms with Crippen LogP contribution in [0.5, 0.6) is 0 Å². The summed E-state index contributed by atoms with van der Waals surface area (Å²) in [6.45, 7) is 4.20. The second-order valence-corrected chi connectivity index (χ2v) is 7.13. The molecule has 4 heteroatoms. The van der Waals surface area contributed by atoms with Crippen LogP contribution in [0.4, 0.5) is 0 Å². The van der Waals surface area contributed by atoms with Gasteiger partial charge in [-0.25, -0.2) is 0 Å². The highest BCUT2D eigenvalue weighted by Crippen LogP contribution is 2.38. The molecule has 21 heavy (non-hydrogen) atoms. The van der Waals surface area contributed by atoms with E-state index in [0.29, 0.717) is 6.61 Å². The second-order valence-electron chi connectivity index (χ2n) is 6.22. The number of rotatable bonds is 2. The molecule has 0 amide bonds. The van der Waals surface area contributed by atoms with Gasteiger partial charge in [0.25, 0.3) is 0 Å². The van der Waals surface area contributed by atoms with Crippen LogP contribution < -0.4 is 0 Å². The molecule has 0 bridgehead atoms. The largest absolute Gasteiger partial charge is 0.381 e. The Morgan fingerprint density at radius 3 is 2.71 bits per heavy atom. The van der Waals surface area contributed by atoms with E-state index in [1.54, 1.807) is 0 Å². The van der Waals surface area contributed by atoms with Gasteiger partial charge in [-0.2, -0.15) is 0 Å². The minimum Gasteiger partial charge on any atom is -0.381 e. The van der Waals surface area contributed by atoms with Gasteiger partial charge in [-0.05, 0) is 56.4 Å². The number of ketones is 1. The zero-order chi connectivity index (χ0) is 14.9. The molecule has 3 rings (SSSR count). The minimum atomic E-state index is -0.127. The number of aryl methyl sites for hydroxylation is 1. The van der Waals surface area contributed by atoms with Crippen molar-refractivity contribution in [3.05, 3.63) is 33.8 Å². The maximum absolute atomic E-state index is 12.8. The fraction of sp³-hybridized carbons (Fsp3) is 0.588. The standard InChI is InChI=1S/C17H21BrO3/c1-12-8-14(10-15(18)9-12)16(19)13-2-5-21-17(11-13)3-6-20-7-4-17/h8-10,13H,2-7,11H2,1H3. The van der Waals surface area contributed by atoms with Crippen LogP contribution in [0.2, 0.25) is 0 Å². The van der Waals surface area contributed by atoms with E-state index in [9.17, 15) is 4.79 Å². The first-order valence-electron chi connectivity index (χ1n) is 7.61. The number of carbonyl (C=O) groups excluding carboxylic acids is 1. The van der Waals surface area contributed by atoms with Crippen LogP contribution in [0.1, 0.15) is 41.6 Å². The number of carbonyl (C=O) groups is 1. The third-order valence-electron chi connectivity index (χ3n) is 4.59. The molecular weight excluding hydrogens is 332 g/mol. The number of Topliss-reactive ketones (excluding diaryl/α,β-unsaturated/α-hetero) is 1. The number of benzene rings is 1. The van der Waals surface area contributed by atoms with Gasteiger partial charge in [-0.1, -0.05) is 15.9 Å². The Hall–Kier alpha value is -0.710. The molecule has 1 aromatic rings. The van der Waals surface area contributed by atoms with Crippen molar-refractivity contribution in [2.75, 3.05) is 19.8 Å². The van der Waals surface area contributed by atoms with Gasteiger partial charge in [0, 0.05) is 35.8 Å². The summed E-state index contributed by atoms with van der Waals surface area (Å²) in [6.07, 6.45) is 3.48. The number of ether oxygens (including phenoxy) is 2. The molecule has 0 aliphatic carbocycles. The summed E-state index contributed by atoms with van der Waals surface area (Å²) in [5, 5.41) is 0. The fourth-order valence-corrected chi connectivity index (χ4v) is 4.07. The monoisotopic (exact) mass is 352 g/mol. The zero-order valence-corrected chi connectivity index (χ0v) is 13.9. The molecule has 2 aliphatic rings. The maximum atomic E-state index is 12.8.